The van der Waals surface area contributed by atoms with Crippen molar-refractivity contribution in [3.63, 3.8) is 0 Å². The van der Waals surface area contributed by atoms with Gasteiger partial charge in [-0.1, -0.05) is 43.5 Å². The number of hydrogen-bond donors (Lipinski definition) is 0. The van der Waals surface area contributed by atoms with Crippen LogP contribution in [0.15, 0.2) is 73.8 Å². The summed E-state index contributed by atoms with van der Waals surface area (Å²) in [5, 5.41) is 0. The molecular weight excluding hydrogens is 841 g/mol. The van der Waals surface area contributed by atoms with Crippen LogP contribution in [0, 0.1) is 47.3 Å². The Morgan fingerprint density at radius 1 is 0.439 bits per heavy atom. The predicted molar refractivity (Wildman–Crippen MR) is 248 cm³/mol. The molecule has 4 fully saturated rings. The Morgan fingerprint density at radius 2 is 0.803 bits per heavy atom. The molecule has 6 rings (SSSR count). The summed E-state index contributed by atoms with van der Waals surface area (Å²) >= 11 is 0. The van der Waals surface area contributed by atoms with E-state index in [2.05, 4.69) is 13.2 Å². The molecule has 12 nitrogen and oxygen atoms in total. The molecule has 2 aromatic carbocycles. The van der Waals surface area contributed by atoms with E-state index in [0.29, 0.717) is 79.6 Å². The molecule has 0 amide bonds. The van der Waals surface area contributed by atoms with Gasteiger partial charge >= 0.3 is 35.8 Å². The fourth-order valence-corrected chi connectivity index (χ4v) is 10.7. The minimum absolute atomic E-state index is 0.0708. The highest BCUT2D eigenvalue weighted by molar-refractivity contribution is 5.82. The van der Waals surface area contributed by atoms with Crippen LogP contribution in [0.4, 0.5) is 0 Å². The molecule has 0 radical (unpaired) electrons. The van der Waals surface area contributed by atoms with Crippen LogP contribution in [0.5, 0.6) is 11.5 Å². The lowest BCUT2D eigenvalue weighted by Gasteiger charge is -2.36. The van der Waals surface area contributed by atoms with E-state index in [1.807, 2.05) is 30.3 Å². The summed E-state index contributed by atoms with van der Waals surface area (Å²) in [7, 11) is 0. The van der Waals surface area contributed by atoms with E-state index >= 15 is 0 Å². The second kappa shape index (κ2) is 26.2. The second-order valence-corrected chi connectivity index (χ2v) is 18.8. The first-order chi connectivity index (χ1) is 32.1. The molecule has 0 heterocycles. The Kier molecular flexibility index (Phi) is 19.9. The first kappa shape index (κ1) is 50.2. The molecule has 0 N–H and O–H groups in total. The molecule has 0 bridgehead atoms. The number of unbranched alkanes of at least 4 members (excludes halogenated alkanes) is 2. The van der Waals surface area contributed by atoms with E-state index in [9.17, 15) is 28.8 Å². The summed E-state index contributed by atoms with van der Waals surface area (Å²) in [6.45, 7) is 7.98. The van der Waals surface area contributed by atoms with Crippen molar-refractivity contribution in [2.45, 2.75) is 128 Å². The summed E-state index contributed by atoms with van der Waals surface area (Å²) in [6.07, 6.45) is 19.0. The molecule has 2 aromatic rings. The van der Waals surface area contributed by atoms with Crippen molar-refractivity contribution in [1.29, 1.82) is 0 Å². The summed E-state index contributed by atoms with van der Waals surface area (Å²) in [4.78, 5) is 74.9. The lowest BCUT2D eigenvalue weighted by atomic mass is 9.69. The molecule has 0 aliphatic heterocycles. The predicted octanol–water partition coefficient (Wildman–Crippen LogP) is 10.5. The zero-order chi connectivity index (χ0) is 46.7. The monoisotopic (exact) mass is 910 g/mol. The molecule has 358 valence electrons. The largest absolute Gasteiger partial charge is 0.465 e. The topological polar surface area (TPSA) is 158 Å². The van der Waals surface area contributed by atoms with Gasteiger partial charge in [-0.2, -0.15) is 0 Å². The van der Waals surface area contributed by atoms with Crippen molar-refractivity contribution in [2.24, 2.45) is 47.3 Å². The van der Waals surface area contributed by atoms with Crippen LogP contribution in [0.1, 0.15) is 128 Å². The summed E-state index contributed by atoms with van der Waals surface area (Å²) in [5.41, 5.74) is 1.56. The van der Waals surface area contributed by atoms with Crippen LogP contribution in [-0.4, -0.2) is 62.2 Å². The highest BCUT2D eigenvalue weighted by atomic mass is 16.6. The Labute approximate surface area is 390 Å². The van der Waals surface area contributed by atoms with Gasteiger partial charge in [0.15, 0.2) is 0 Å². The lowest BCUT2D eigenvalue weighted by Crippen LogP contribution is -2.31. The zero-order valence-electron chi connectivity index (χ0n) is 38.7. The number of carbonyl (C=O) groups is 6. The number of hydrogen-bond acceptors (Lipinski definition) is 12. The third-order valence-electron chi connectivity index (χ3n) is 14.6. The molecule has 4 aliphatic rings. The maximum atomic E-state index is 13.7. The van der Waals surface area contributed by atoms with Crippen molar-refractivity contribution >= 4 is 35.8 Å². The van der Waals surface area contributed by atoms with Gasteiger partial charge in [0.25, 0.3) is 0 Å². The van der Waals surface area contributed by atoms with Gasteiger partial charge in [-0.15, -0.1) is 0 Å². The summed E-state index contributed by atoms with van der Waals surface area (Å²) in [5.74, 6) is 0.864. The Bertz CT molecular complexity index is 1930. The first-order valence-corrected chi connectivity index (χ1v) is 24.7. The molecule has 12 heteroatoms. The number of esters is 6. The molecule has 0 atom stereocenters. The van der Waals surface area contributed by atoms with Crippen LogP contribution in [0.25, 0.3) is 11.1 Å². The molecule has 0 aromatic heterocycles. The van der Waals surface area contributed by atoms with Crippen molar-refractivity contribution in [3.8, 4) is 22.6 Å². The van der Waals surface area contributed by atoms with E-state index in [4.69, 9.17) is 28.4 Å². The fraction of sp³-hybridized carbons (Fsp3) is 0.593. The minimum Gasteiger partial charge on any atom is -0.465 e. The van der Waals surface area contributed by atoms with Gasteiger partial charge in [-0.3, -0.25) is 19.2 Å². The molecule has 4 saturated carbocycles. The summed E-state index contributed by atoms with van der Waals surface area (Å²) < 4.78 is 33.1. The Morgan fingerprint density at radius 3 is 1.20 bits per heavy atom. The van der Waals surface area contributed by atoms with E-state index in [-0.39, 0.29) is 60.8 Å². The van der Waals surface area contributed by atoms with Gasteiger partial charge in [-0.05, 0) is 176 Å². The highest BCUT2D eigenvalue weighted by Gasteiger charge is 2.37. The second-order valence-electron chi connectivity index (χ2n) is 18.8. The van der Waals surface area contributed by atoms with Gasteiger partial charge in [0.1, 0.15) is 11.5 Å². The van der Waals surface area contributed by atoms with Crippen molar-refractivity contribution in [1.82, 2.24) is 0 Å². The van der Waals surface area contributed by atoms with Crippen molar-refractivity contribution < 1.29 is 57.2 Å². The minimum atomic E-state index is -0.448. The fourth-order valence-electron chi connectivity index (χ4n) is 10.7. The maximum absolute atomic E-state index is 13.7. The van der Waals surface area contributed by atoms with Gasteiger partial charge in [0, 0.05) is 17.7 Å². The third-order valence-corrected chi connectivity index (χ3v) is 14.6. The normalized spacial score (nSPS) is 25.3. The lowest BCUT2D eigenvalue weighted by molar-refractivity contribution is -0.151. The average Bonchev–Trinajstić information content (AvgIpc) is 3.36. The first-order valence-electron chi connectivity index (χ1n) is 24.7. The summed E-state index contributed by atoms with van der Waals surface area (Å²) in [6, 6.07) is 15.0. The number of benzene rings is 2. The van der Waals surface area contributed by atoms with Gasteiger partial charge in [-0.25, -0.2) is 9.59 Å². The van der Waals surface area contributed by atoms with Crippen molar-refractivity contribution in [2.75, 3.05) is 26.4 Å². The maximum Gasteiger partial charge on any atom is 0.330 e. The average molecular weight is 911 g/mol. The zero-order valence-corrected chi connectivity index (χ0v) is 38.7. The van der Waals surface area contributed by atoms with E-state index in [0.717, 1.165) is 120 Å². The van der Waals surface area contributed by atoms with Gasteiger partial charge in [0.2, 0.25) is 0 Å². The molecule has 4 aliphatic carbocycles. The molecule has 0 unspecified atom stereocenters. The molecule has 0 spiro atoms. The Balaban J connectivity index is 0.902. The number of rotatable bonds is 21. The quantitative estimate of drug-likeness (QED) is 0.0384. The van der Waals surface area contributed by atoms with E-state index < -0.39 is 11.9 Å². The van der Waals surface area contributed by atoms with Gasteiger partial charge in [0.05, 0.1) is 50.1 Å². The van der Waals surface area contributed by atoms with Crippen LogP contribution >= 0.6 is 0 Å². The van der Waals surface area contributed by atoms with Gasteiger partial charge < -0.3 is 28.4 Å². The number of carbonyl (C=O) groups excluding carboxylic acids is 6. The standard InChI is InChI=1S/C54H70O12/c1-3-49(55)61-32-8-10-34-63-51(57)42-22-14-37(15-23-42)39-18-26-44(27-19-39)53(59)65-46-30-31-48(47(36-46)41-12-6-5-7-13-41)66-54(60)45-28-20-40(21-29-45)38-16-24-43(25-17-38)52(58)64-35-11-9-33-62-50(56)4-2/h3-7,12-13,30-31,36-40,42-45H,1-2,8-11,14-29,32-35H2. The van der Waals surface area contributed by atoms with Crippen LogP contribution in [-0.2, 0) is 47.7 Å². The number of ether oxygens (including phenoxy) is 6. The van der Waals surface area contributed by atoms with E-state index in [1.54, 1.807) is 18.2 Å². The van der Waals surface area contributed by atoms with Crippen LogP contribution in [0.2, 0.25) is 0 Å². The molecule has 0 saturated heterocycles. The third kappa shape index (κ3) is 15.1. The Hall–Kier alpha value is -5.26. The van der Waals surface area contributed by atoms with Crippen molar-refractivity contribution in [3.05, 3.63) is 73.8 Å². The smallest absolute Gasteiger partial charge is 0.330 e. The molecular formula is C54H70O12. The molecule has 66 heavy (non-hydrogen) atoms. The van der Waals surface area contributed by atoms with E-state index in [1.165, 1.54) is 0 Å². The highest BCUT2D eigenvalue weighted by Crippen LogP contribution is 2.44. The SMILES string of the molecule is C=CC(=O)OCCCCOC(=O)C1CCC(C2CCC(C(=O)Oc3ccc(OC(=O)C4CCC(C5CCC(C(=O)OCCCCOC(=O)C=C)CC5)CC4)c(-c4ccccc4)c3)CC2)CC1. The van der Waals surface area contributed by atoms with Crippen LogP contribution in [0.3, 0.4) is 0 Å². The van der Waals surface area contributed by atoms with Crippen LogP contribution < -0.4 is 9.47 Å².